The van der Waals surface area contributed by atoms with Crippen molar-refractivity contribution in [2.75, 3.05) is 47.1 Å². The molecule has 220 valence electrons. The first kappa shape index (κ1) is 35.8. The fourth-order valence-corrected chi connectivity index (χ4v) is 3.85. The molecule has 1 unspecified atom stereocenters. The lowest BCUT2D eigenvalue weighted by molar-refractivity contribution is -0.160. The van der Waals surface area contributed by atoms with Crippen LogP contribution in [0.4, 0.5) is 0 Å². The molecule has 0 aliphatic heterocycles. The molecule has 7 heteroatoms. The van der Waals surface area contributed by atoms with Crippen molar-refractivity contribution in [1.29, 1.82) is 0 Å². The van der Waals surface area contributed by atoms with Crippen LogP contribution in [-0.2, 0) is 28.5 Å². The Morgan fingerprint density at radius 2 is 1.11 bits per heavy atom. The van der Waals surface area contributed by atoms with Gasteiger partial charge in [-0.1, -0.05) is 85.0 Å². The molecule has 0 saturated heterocycles. The Bertz CT molecular complexity index is 510. The summed E-state index contributed by atoms with van der Waals surface area (Å²) >= 11 is 0. The van der Waals surface area contributed by atoms with E-state index < -0.39 is 0 Å². The van der Waals surface area contributed by atoms with Crippen LogP contribution in [-0.4, -0.2) is 70.2 Å². The summed E-state index contributed by atoms with van der Waals surface area (Å²) in [4.78, 5) is 26.2. The summed E-state index contributed by atoms with van der Waals surface area (Å²) in [7, 11) is 3.96. The van der Waals surface area contributed by atoms with Crippen LogP contribution in [0, 0.1) is 5.92 Å². The number of esters is 2. The monoisotopic (exact) mass is 529 g/mol. The summed E-state index contributed by atoms with van der Waals surface area (Å²) in [5, 5.41) is 0. The third-order valence-corrected chi connectivity index (χ3v) is 6.23. The van der Waals surface area contributed by atoms with Gasteiger partial charge in [0.2, 0.25) is 0 Å². The lowest BCUT2D eigenvalue weighted by atomic mass is 10.1. The second kappa shape index (κ2) is 26.4. The predicted octanol–water partition coefficient (Wildman–Crippen LogP) is 6.91. The normalized spacial score (nSPS) is 12.3. The summed E-state index contributed by atoms with van der Waals surface area (Å²) in [6.07, 6.45) is 16.1. The molecule has 0 aliphatic carbocycles. The van der Waals surface area contributed by atoms with Crippen LogP contribution in [0.2, 0.25) is 0 Å². The van der Waals surface area contributed by atoms with E-state index in [-0.39, 0.29) is 43.8 Å². The molecule has 0 aromatic carbocycles. The van der Waals surface area contributed by atoms with E-state index in [1.165, 1.54) is 64.2 Å². The van der Waals surface area contributed by atoms with Crippen LogP contribution in [0.5, 0.6) is 0 Å². The molecule has 0 aliphatic rings. The van der Waals surface area contributed by atoms with Crippen molar-refractivity contribution < 1.29 is 28.5 Å². The molecule has 1 atom stereocenters. The fraction of sp³-hybridized carbons (Fsp3) is 0.933. The van der Waals surface area contributed by atoms with E-state index in [9.17, 15) is 9.59 Å². The van der Waals surface area contributed by atoms with Gasteiger partial charge in [0.15, 0.2) is 6.29 Å². The van der Waals surface area contributed by atoms with Gasteiger partial charge in [-0.15, -0.1) is 0 Å². The van der Waals surface area contributed by atoms with E-state index >= 15 is 0 Å². The Balaban J connectivity index is 4.18. The molecule has 0 saturated carbocycles. The molecular formula is C30H59NO6. The van der Waals surface area contributed by atoms with Gasteiger partial charge in [0.25, 0.3) is 0 Å². The van der Waals surface area contributed by atoms with Crippen molar-refractivity contribution in [3.8, 4) is 0 Å². The van der Waals surface area contributed by atoms with Crippen molar-refractivity contribution in [2.24, 2.45) is 5.92 Å². The van der Waals surface area contributed by atoms with E-state index in [0.717, 1.165) is 25.8 Å². The highest BCUT2D eigenvalue weighted by Crippen LogP contribution is 2.12. The molecular weight excluding hydrogens is 470 g/mol. The number of hydrogen-bond acceptors (Lipinski definition) is 7. The number of carbonyl (C=O) groups excluding carboxylic acids is 2. The average Bonchev–Trinajstić information content (AvgIpc) is 2.87. The third-order valence-electron chi connectivity index (χ3n) is 6.23. The van der Waals surface area contributed by atoms with Gasteiger partial charge in [-0.05, 0) is 39.9 Å². The van der Waals surface area contributed by atoms with E-state index in [4.69, 9.17) is 18.9 Å². The Hall–Kier alpha value is -1.18. The number of hydrogen-bond donors (Lipinski definition) is 0. The zero-order valence-electron chi connectivity index (χ0n) is 24.9. The first-order valence-electron chi connectivity index (χ1n) is 15.1. The quantitative estimate of drug-likeness (QED) is 0.0650. The van der Waals surface area contributed by atoms with Crippen molar-refractivity contribution in [2.45, 2.75) is 130 Å². The topological polar surface area (TPSA) is 74.3 Å². The molecule has 0 fully saturated rings. The maximum absolute atomic E-state index is 12.3. The van der Waals surface area contributed by atoms with Crippen molar-refractivity contribution in [1.82, 2.24) is 4.90 Å². The average molecular weight is 530 g/mol. The Morgan fingerprint density at radius 1 is 0.649 bits per heavy atom. The molecule has 0 aromatic heterocycles. The smallest absolute Gasteiger partial charge is 0.305 e. The van der Waals surface area contributed by atoms with Crippen LogP contribution in [0.15, 0.2) is 0 Å². The molecule has 37 heavy (non-hydrogen) atoms. The minimum absolute atomic E-state index is 0.0366. The highest BCUT2D eigenvalue weighted by molar-refractivity contribution is 5.69. The first-order valence-corrected chi connectivity index (χ1v) is 15.1. The SMILES string of the molecule is CCCCCCCCOC(CCC(=O)OCC(C)COC(=O)CCCN(C)C)OCCCCCCCC. The lowest BCUT2D eigenvalue weighted by Gasteiger charge is -2.19. The summed E-state index contributed by atoms with van der Waals surface area (Å²) < 4.78 is 22.7. The van der Waals surface area contributed by atoms with Crippen LogP contribution in [0.1, 0.15) is 124 Å². The number of nitrogens with zero attached hydrogens (tertiary/aromatic N) is 1. The number of rotatable bonds is 27. The summed E-state index contributed by atoms with van der Waals surface area (Å²) in [6.45, 7) is 9.06. The first-order chi connectivity index (χ1) is 17.9. The Kier molecular flexibility index (Phi) is 25.6. The molecule has 0 heterocycles. The molecule has 0 aromatic rings. The molecule has 0 rings (SSSR count). The zero-order valence-corrected chi connectivity index (χ0v) is 24.9. The highest BCUT2D eigenvalue weighted by Gasteiger charge is 2.15. The maximum Gasteiger partial charge on any atom is 0.305 e. The van der Waals surface area contributed by atoms with Gasteiger partial charge >= 0.3 is 11.9 Å². The molecule has 0 spiro atoms. The molecule has 0 amide bonds. The molecule has 0 radical (unpaired) electrons. The second-order valence-corrected chi connectivity index (χ2v) is 10.6. The Morgan fingerprint density at radius 3 is 1.59 bits per heavy atom. The van der Waals surface area contributed by atoms with Crippen LogP contribution >= 0.6 is 0 Å². The minimum atomic E-state index is -0.362. The van der Waals surface area contributed by atoms with Gasteiger partial charge in [-0.2, -0.15) is 0 Å². The van der Waals surface area contributed by atoms with Gasteiger partial charge in [-0.25, -0.2) is 0 Å². The molecule has 0 bridgehead atoms. The van der Waals surface area contributed by atoms with Crippen molar-refractivity contribution in [3.63, 3.8) is 0 Å². The zero-order chi connectivity index (χ0) is 27.6. The molecule has 0 N–H and O–H groups in total. The summed E-state index contributed by atoms with van der Waals surface area (Å²) in [6, 6.07) is 0. The van der Waals surface area contributed by atoms with Gasteiger partial charge in [-0.3, -0.25) is 9.59 Å². The summed E-state index contributed by atoms with van der Waals surface area (Å²) in [5.74, 6) is -0.501. The van der Waals surface area contributed by atoms with E-state index in [2.05, 4.69) is 13.8 Å². The van der Waals surface area contributed by atoms with Crippen molar-refractivity contribution in [3.05, 3.63) is 0 Å². The van der Waals surface area contributed by atoms with Gasteiger partial charge in [0, 0.05) is 32.0 Å². The highest BCUT2D eigenvalue weighted by atomic mass is 16.7. The van der Waals surface area contributed by atoms with Crippen LogP contribution < -0.4 is 0 Å². The Labute approximate surface area is 228 Å². The van der Waals surface area contributed by atoms with E-state index in [1.54, 1.807) is 0 Å². The summed E-state index contributed by atoms with van der Waals surface area (Å²) in [5.41, 5.74) is 0. The lowest BCUT2D eigenvalue weighted by Crippen LogP contribution is -2.22. The fourth-order valence-electron chi connectivity index (χ4n) is 3.85. The number of carbonyl (C=O) groups is 2. The van der Waals surface area contributed by atoms with Gasteiger partial charge in [0.1, 0.15) is 0 Å². The number of ether oxygens (including phenoxy) is 4. The third kappa shape index (κ3) is 26.2. The van der Waals surface area contributed by atoms with E-state index in [0.29, 0.717) is 26.1 Å². The minimum Gasteiger partial charge on any atom is -0.465 e. The largest absolute Gasteiger partial charge is 0.465 e. The van der Waals surface area contributed by atoms with Crippen LogP contribution in [0.3, 0.4) is 0 Å². The number of unbranched alkanes of at least 4 members (excludes halogenated alkanes) is 10. The van der Waals surface area contributed by atoms with Crippen LogP contribution in [0.25, 0.3) is 0 Å². The van der Waals surface area contributed by atoms with Gasteiger partial charge in [0.05, 0.1) is 19.6 Å². The van der Waals surface area contributed by atoms with E-state index in [1.807, 2.05) is 25.9 Å². The van der Waals surface area contributed by atoms with Gasteiger partial charge < -0.3 is 23.8 Å². The predicted molar refractivity (Wildman–Crippen MR) is 151 cm³/mol. The molecule has 7 nitrogen and oxygen atoms in total. The van der Waals surface area contributed by atoms with Crippen molar-refractivity contribution >= 4 is 11.9 Å². The second-order valence-electron chi connectivity index (χ2n) is 10.6. The maximum atomic E-state index is 12.3. The standard InChI is InChI=1S/C30H59NO6/c1-6-8-10-12-14-16-23-34-30(35-24-17-15-13-11-9-7-2)21-20-29(33)37-26-27(3)25-36-28(32)19-18-22-31(4)5/h27,30H,6-26H2,1-5H3.